The summed E-state index contributed by atoms with van der Waals surface area (Å²) in [6.45, 7) is 0.677. The minimum atomic E-state index is 0.134. The highest BCUT2D eigenvalue weighted by Gasteiger charge is 2.29. The fourth-order valence-corrected chi connectivity index (χ4v) is 2.56. The second-order valence-electron chi connectivity index (χ2n) is 4.21. The zero-order valence-corrected chi connectivity index (χ0v) is 10.1. The van der Waals surface area contributed by atoms with Crippen molar-refractivity contribution in [3.63, 3.8) is 0 Å². The minimum absolute atomic E-state index is 0.134. The molecular formula is C13H12N2OS. The first-order chi connectivity index (χ1) is 8.25. The smallest absolute Gasteiger partial charge is 0.228 e. The molecule has 1 amide bonds. The van der Waals surface area contributed by atoms with Crippen molar-refractivity contribution in [1.29, 1.82) is 0 Å². The van der Waals surface area contributed by atoms with E-state index in [0.29, 0.717) is 13.0 Å². The molecule has 2 heterocycles. The van der Waals surface area contributed by atoms with Gasteiger partial charge in [0.05, 0.1) is 11.2 Å². The third-order valence-electron chi connectivity index (χ3n) is 3.02. The van der Waals surface area contributed by atoms with Crippen LogP contribution in [0.4, 0.5) is 5.69 Å². The van der Waals surface area contributed by atoms with Gasteiger partial charge in [-0.15, -0.1) is 0 Å². The predicted molar refractivity (Wildman–Crippen MR) is 71.5 cm³/mol. The Morgan fingerprint density at radius 2 is 2.12 bits per heavy atom. The zero-order chi connectivity index (χ0) is 11.8. The van der Waals surface area contributed by atoms with Gasteiger partial charge >= 0.3 is 0 Å². The summed E-state index contributed by atoms with van der Waals surface area (Å²) in [4.78, 5) is 18.0. The lowest BCUT2D eigenvalue weighted by Crippen LogP contribution is -2.24. The Morgan fingerprint density at radius 1 is 1.29 bits per heavy atom. The van der Waals surface area contributed by atoms with Gasteiger partial charge in [-0.1, -0.05) is 18.2 Å². The summed E-state index contributed by atoms with van der Waals surface area (Å²) >= 11 is 4.38. The van der Waals surface area contributed by atoms with E-state index in [1.165, 1.54) is 0 Å². The van der Waals surface area contributed by atoms with Gasteiger partial charge in [0.2, 0.25) is 5.91 Å². The third kappa shape index (κ3) is 1.78. The van der Waals surface area contributed by atoms with Gasteiger partial charge in [0.25, 0.3) is 0 Å². The lowest BCUT2D eigenvalue weighted by molar-refractivity contribution is -0.117. The number of thiol groups is 1. The van der Waals surface area contributed by atoms with Gasteiger partial charge < -0.3 is 4.90 Å². The molecule has 0 saturated carbocycles. The lowest BCUT2D eigenvalue weighted by atomic mass is 10.2. The lowest BCUT2D eigenvalue weighted by Gasteiger charge is -2.17. The highest BCUT2D eigenvalue weighted by atomic mass is 32.1. The van der Waals surface area contributed by atoms with Crippen LogP contribution in [0.1, 0.15) is 6.42 Å². The number of anilines is 1. The molecule has 1 atom stereocenters. The number of pyridine rings is 1. The molecule has 0 radical (unpaired) electrons. The van der Waals surface area contributed by atoms with Gasteiger partial charge in [-0.2, -0.15) is 12.6 Å². The first-order valence-electron chi connectivity index (χ1n) is 5.58. The molecule has 1 unspecified atom stereocenters. The molecule has 1 fully saturated rings. The quantitative estimate of drug-likeness (QED) is 0.781. The number of hydrogen-bond acceptors (Lipinski definition) is 3. The van der Waals surface area contributed by atoms with Crippen molar-refractivity contribution in [2.75, 3.05) is 11.4 Å². The molecule has 86 valence electrons. The van der Waals surface area contributed by atoms with Crippen LogP contribution in [0.25, 0.3) is 10.9 Å². The van der Waals surface area contributed by atoms with Crippen molar-refractivity contribution in [1.82, 2.24) is 4.98 Å². The van der Waals surface area contributed by atoms with E-state index in [1.54, 1.807) is 6.20 Å². The van der Waals surface area contributed by atoms with Crippen LogP contribution in [0.2, 0.25) is 0 Å². The standard InChI is InChI=1S/C13H12N2OS/c16-13-7-9(17)8-15(13)12-5-6-14-11-4-2-1-3-10(11)12/h1-6,9,17H,7-8H2. The summed E-state index contributed by atoms with van der Waals surface area (Å²) < 4.78 is 0. The van der Waals surface area contributed by atoms with Crippen molar-refractivity contribution >= 4 is 35.1 Å². The van der Waals surface area contributed by atoms with Gasteiger partial charge in [0.1, 0.15) is 0 Å². The molecule has 4 heteroatoms. The summed E-state index contributed by atoms with van der Waals surface area (Å²) in [6.07, 6.45) is 2.26. The number of para-hydroxylation sites is 1. The SMILES string of the molecule is O=C1CC(S)CN1c1ccnc2ccccc12. The fourth-order valence-electron chi connectivity index (χ4n) is 2.24. The molecule has 1 saturated heterocycles. The molecule has 3 nitrogen and oxygen atoms in total. The van der Waals surface area contributed by atoms with Crippen LogP contribution in [0.5, 0.6) is 0 Å². The molecule has 1 aromatic carbocycles. The number of rotatable bonds is 1. The van der Waals surface area contributed by atoms with Crippen molar-refractivity contribution in [3.05, 3.63) is 36.5 Å². The minimum Gasteiger partial charge on any atom is -0.311 e. The molecule has 2 aromatic rings. The van der Waals surface area contributed by atoms with E-state index in [9.17, 15) is 4.79 Å². The van der Waals surface area contributed by atoms with Crippen molar-refractivity contribution in [2.24, 2.45) is 0 Å². The van der Waals surface area contributed by atoms with Gasteiger partial charge in [0.15, 0.2) is 0 Å². The number of aromatic nitrogens is 1. The van der Waals surface area contributed by atoms with Crippen LogP contribution in [0.3, 0.4) is 0 Å². The number of fused-ring (bicyclic) bond motifs is 1. The Labute approximate surface area is 105 Å². The predicted octanol–water partition coefficient (Wildman–Crippen LogP) is 2.27. The van der Waals surface area contributed by atoms with Crippen LogP contribution in [0.15, 0.2) is 36.5 Å². The zero-order valence-electron chi connectivity index (χ0n) is 9.21. The number of carbonyl (C=O) groups excluding carboxylic acids is 1. The average Bonchev–Trinajstić information content (AvgIpc) is 2.68. The highest BCUT2D eigenvalue weighted by molar-refractivity contribution is 7.81. The van der Waals surface area contributed by atoms with Crippen molar-refractivity contribution in [3.8, 4) is 0 Å². The van der Waals surface area contributed by atoms with Crippen LogP contribution < -0.4 is 4.90 Å². The van der Waals surface area contributed by atoms with Gasteiger partial charge in [-0.3, -0.25) is 9.78 Å². The van der Waals surface area contributed by atoms with Crippen LogP contribution in [-0.4, -0.2) is 22.7 Å². The van der Waals surface area contributed by atoms with E-state index in [-0.39, 0.29) is 11.2 Å². The molecule has 1 aromatic heterocycles. The van der Waals surface area contributed by atoms with Crippen LogP contribution >= 0.6 is 12.6 Å². The van der Waals surface area contributed by atoms with E-state index in [1.807, 2.05) is 35.2 Å². The summed E-state index contributed by atoms with van der Waals surface area (Å²) in [5.41, 5.74) is 1.86. The van der Waals surface area contributed by atoms with Crippen LogP contribution in [0, 0.1) is 0 Å². The molecular weight excluding hydrogens is 232 g/mol. The maximum Gasteiger partial charge on any atom is 0.228 e. The summed E-state index contributed by atoms with van der Waals surface area (Å²) in [5, 5.41) is 1.15. The number of hydrogen-bond donors (Lipinski definition) is 1. The maximum atomic E-state index is 11.9. The largest absolute Gasteiger partial charge is 0.311 e. The number of benzene rings is 1. The van der Waals surface area contributed by atoms with Crippen molar-refractivity contribution < 1.29 is 4.79 Å². The Hall–Kier alpha value is -1.55. The maximum absolute atomic E-state index is 11.9. The summed E-state index contributed by atoms with van der Waals surface area (Å²) in [5.74, 6) is 0.140. The third-order valence-corrected chi connectivity index (χ3v) is 3.37. The molecule has 3 rings (SSSR count). The fraction of sp³-hybridized carbons (Fsp3) is 0.231. The molecule has 0 bridgehead atoms. The average molecular weight is 244 g/mol. The molecule has 0 aliphatic carbocycles. The summed E-state index contributed by atoms with van der Waals surface area (Å²) in [7, 11) is 0. The highest BCUT2D eigenvalue weighted by Crippen LogP contribution is 2.29. The molecule has 0 spiro atoms. The first-order valence-corrected chi connectivity index (χ1v) is 6.09. The Morgan fingerprint density at radius 3 is 2.88 bits per heavy atom. The molecule has 1 aliphatic heterocycles. The topological polar surface area (TPSA) is 33.2 Å². The van der Waals surface area contributed by atoms with Crippen molar-refractivity contribution in [2.45, 2.75) is 11.7 Å². The van der Waals surface area contributed by atoms with E-state index in [2.05, 4.69) is 17.6 Å². The number of carbonyl (C=O) groups is 1. The molecule has 1 aliphatic rings. The van der Waals surface area contributed by atoms with E-state index in [4.69, 9.17) is 0 Å². The van der Waals surface area contributed by atoms with Gasteiger partial charge in [0, 0.05) is 29.8 Å². The van der Waals surface area contributed by atoms with E-state index in [0.717, 1.165) is 16.6 Å². The van der Waals surface area contributed by atoms with E-state index >= 15 is 0 Å². The van der Waals surface area contributed by atoms with Gasteiger partial charge in [-0.25, -0.2) is 0 Å². The Balaban J connectivity index is 2.14. The second-order valence-corrected chi connectivity index (χ2v) is 4.94. The molecule has 0 N–H and O–H groups in total. The second kappa shape index (κ2) is 4.04. The monoisotopic (exact) mass is 244 g/mol. The normalized spacial score (nSPS) is 20.2. The Kier molecular flexibility index (Phi) is 2.52. The Bertz CT molecular complexity index is 579. The van der Waals surface area contributed by atoms with E-state index < -0.39 is 0 Å². The summed E-state index contributed by atoms with van der Waals surface area (Å²) in [6, 6.07) is 9.76. The number of amides is 1. The number of nitrogens with zero attached hydrogens (tertiary/aromatic N) is 2. The van der Waals surface area contributed by atoms with Crippen LogP contribution in [-0.2, 0) is 4.79 Å². The van der Waals surface area contributed by atoms with Gasteiger partial charge in [-0.05, 0) is 12.1 Å². The molecule has 17 heavy (non-hydrogen) atoms. The first kappa shape index (κ1) is 10.6.